The number of amidine groups is 1. The largest absolute Gasteiger partial charge is 0.487 e. The van der Waals surface area contributed by atoms with Gasteiger partial charge in [-0.25, -0.2) is 4.79 Å². The predicted molar refractivity (Wildman–Crippen MR) is 159 cm³/mol. The lowest BCUT2D eigenvalue weighted by molar-refractivity contribution is -0.136. The van der Waals surface area contributed by atoms with Gasteiger partial charge >= 0.3 is 12.0 Å². The fourth-order valence-electron chi connectivity index (χ4n) is 5.20. The van der Waals surface area contributed by atoms with E-state index in [0.717, 1.165) is 11.1 Å². The lowest BCUT2D eigenvalue weighted by Crippen LogP contribution is -2.55. The first-order valence-electron chi connectivity index (χ1n) is 13.8. The third-order valence-corrected chi connectivity index (χ3v) is 7.28. The number of benzene rings is 2. The first kappa shape index (κ1) is 29.8. The molecule has 12 heteroatoms. The summed E-state index contributed by atoms with van der Waals surface area (Å²) in [6.45, 7) is 6.04. The third kappa shape index (κ3) is 6.56. The number of aliphatic carboxylic acids is 1. The number of hydrogen-bond donors (Lipinski definition) is 3. The number of amides is 3. The maximum Gasteiger partial charge on any atom is 0.326 e. The normalized spacial score (nSPS) is 18.7. The van der Waals surface area contributed by atoms with Gasteiger partial charge in [0.1, 0.15) is 36.2 Å². The van der Waals surface area contributed by atoms with Gasteiger partial charge in [-0.1, -0.05) is 29.8 Å². The van der Waals surface area contributed by atoms with Crippen LogP contribution in [0.4, 0.5) is 4.79 Å². The van der Waals surface area contributed by atoms with Gasteiger partial charge in [-0.05, 0) is 62.2 Å². The number of carbonyl (C=O) groups excluding carboxylic acids is 3. The van der Waals surface area contributed by atoms with Gasteiger partial charge in [-0.3, -0.25) is 24.3 Å². The van der Waals surface area contributed by atoms with Crippen molar-refractivity contribution >= 4 is 41.1 Å². The summed E-state index contributed by atoms with van der Waals surface area (Å²) in [5.41, 5.74) is 1.49. The lowest BCUT2D eigenvalue weighted by Gasteiger charge is -2.35. The van der Waals surface area contributed by atoms with Crippen LogP contribution in [0.15, 0.2) is 65.9 Å². The van der Waals surface area contributed by atoms with E-state index in [-0.39, 0.29) is 23.8 Å². The molecule has 2 unspecified atom stereocenters. The van der Waals surface area contributed by atoms with E-state index in [9.17, 15) is 24.3 Å². The Labute approximate surface area is 253 Å². The van der Waals surface area contributed by atoms with Gasteiger partial charge < -0.3 is 25.0 Å². The van der Waals surface area contributed by atoms with E-state index >= 15 is 0 Å². The standard InChI is InChI=1S/C31H32ClN5O6/c1-31(2,3)43-24-14-19(23(38)15-26(40)41)6-9-22(24)29-35-27(18-4-7-21(32)8-5-18)28(20-10-11-33-16-20)37(29)30(42)36-13-12-34-25(39)17-36/h4-11,14,16,27-28,33H,12-13,15,17H2,1-3H3,(H,34,39)(H,40,41). The van der Waals surface area contributed by atoms with Crippen LogP contribution < -0.4 is 10.1 Å². The van der Waals surface area contributed by atoms with Gasteiger partial charge in [0.05, 0.1) is 11.6 Å². The number of urea groups is 1. The molecular weight excluding hydrogens is 574 g/mol. The maximum atomic E-state index is 14.4. The predicted octanol–water partition coefficient (Wildman–Crippen LogP) is 4.60. The van der Waals surface area contributed by atoms with Crippen molar-refractivity contribution in [1.82, 2.24) is 20.1 Å². The van der Waals surface area contributed by atoms with E-state index in [4.69, 9.17) is 21.3 Å². The molecule has 1 fully saturated rings. The molecule has 5 rings (SSSR count). The molecule has 0 bridgehead atoms. The van der Waals surface area contributed by atoms with Crippen LogP contribution in [0, 0.1) is 0 Å². The summed E-state index contributed by atoms with van der Waals surface area (Å²) in [5, 5.41) is 12.5. The quantitative estimate of drug-likeness (QED) is 0.265. The van der Waals surface area contributed by atoms with Crippen molar-refractivity contribution < 1.29 is 29.0 Å². The molecule has 1 aromatic heterocycles. The fourth-order valence-corrected chi connectivity index (χ4v) is 5.33. The number of aliphatic imine (C=N–C) groups is 1. The summed E-state index contributed by atoms with van der Waals surface area (Å²) in [4.78, 5) is 61.8. The number of hydrogen-bond acceptors (Lipinski definition) is 6. The van der Waals surface area contributed by atoms with Crippen molar-refractivity contribution in [1.29, 1.82) is 0 Å². The van der Waals surface area contributed by atoms with Crippen molar-refractivity contribution in [2.24, 2.45) is 4.99 Å². The van der Waals surface area contributed by atoms with E-state index in [0.29, 0.717) is 29.5 Å². The van der Waals surface area contributed by atoms with Gasteiger partial charge in [0.25, 0.3) is 0 Å². The number of carboxylic acids is 1. The van der Waals surface area contributed by atoms with Gasteiger partial charge in [0, 0.05) is 36.1 Å². The van der Waals surface area contributed by atoms with Crippen molar-refractivity contribution in [3.63, 3.8) is 0 Å². The highest BCUT2D eigenvalue weighted by molar-refractivity contribution is 6.30. The van der Waals surface area contributed by atoms with Crippen LogP contribution in [0.5, 0.6) is 5.75 Å². The molecule has 0 spiro atoms. The number of aromatic amines is 1. The third-order valence-electron chi connectivity index (χ3n) is 7.03. The first-order valence-corrected chi connectivity index (χ1v) is 14.2. The number of aromatic nitrogens is 1. The second kappa shape index (κ2) is 11.9. The molecule has 2 atom stereocenters. The molecular formula is C31H32ClN5O6. The maximum absolute atomic E-state index is 14.4. The second-order valence-corrected chi connectivity index (χ2v) is 11.8. The highest BCUT2D eigenvalue weighted by Gasteiger charge is 2.45. The minimum atomic E-state index is -1.24. The van der Waals surface area contributed by atoms with E-state index < -0.39 is 41.9 Å². The van der Waals surface area contributed by atoms with E-state index in [1.54, 1.807) is 35.5 Å². The molecule has 0 saturated carbocycles. The molecule has 3 heterocycles. The SMILES string of the molecule is CC(C)(C)Oc1cc(C(=O)CC(=O)O)ccc1C1=NC(c2ccc(Cl)cc2)C(c2cc[nH]c2)N1C(=O)N1CCNC(=O)C1. The number of nitrogens with zero attached hydrogens (tertiary/aromatic N) is 3. The molecule has 2 aromatic carbocycles. The Hall–Kier alpha value is -4.64. The number of carbonyl (C=O) groups is 4. The molecule has 3 N–H and O–H groups in total. The minimum absolute atomic E-state index is 0.109. The highest BCUT2D eigenvalue weighted by Crippen LogP contribution is 2.45. The number of nitrogens with one attached hydrogen (secondary N) is 2. The molecule has 2 aliphatic rings. The minimum Gasteiger partial charge on any atom is -0.487 e. The summed E-state index contributed by atoms with van der Waals surface area (Å²) in [5.74, 6) is -1.53. The van der Waals surface area contributed by atoms with Crippen molar-refractivity contribution in [3.05, 3.63) is 88.2 Å². The Bertz CT molecular complexity index is 1580. The second-order valence-electron chi connectivity index (χ2n) is 11.4. The van der Waals surface area contributed by atoms with Crippen LogP contribution in [-0.2, 0) is 9.59 Å². The Morgan fingerprint density at radius 1 is 1.09 bits per heavy atom. The molecule has 43 heavy (non-hydrogen) atoms. The summed E-state index contributed by atoms with van der Waals surface area (Å²) in [7, 11) is 0. The van der Waals surface area contributed by atoms with Crippen LogP contribution in [0.25, 0.3) is 0 Å². The first-order chi connectivity index (χ1) is 20.4. The summed E-state index contributed by atoms with van der Waals surface area (Å²) in [6.07, 6.45) is 2.89. The monoisotopic (exact) mass is 605 g/mol. The lowest BCUT2D eigenvalue weighted by atomic mass is 9.95. The Morgan fingerprint density at radius 2 is 1.84 bits per heavy atom. The van der Waals surface area contributed by atoms with Crippen LogP contribution in [0.3, 0.4) is 0 Å². The topological polar surface area (TPSA) is 144 Å². The van der Waals surface area contributed by atoms with Crippen LogP contribution >= 0.6 is 11.6 Å². The number of Topliss-reactive ketones (excluding diaryl/α,β-unsaturated/α-hetero) is 1. The van der Waals surface area contributed by atoms with E-state index in [2.05, 4.69) is 10.3 Å². The number of carboxylic acid groups (broad SMARTS) is 1. The average Bonchev–Trinajstić information content (AvgIpc) is 3.60. The highest BCUT2D eigenvalue weighted by atomic mass is 35.5. The van der Waals surface area contributed by atoms with Crippen molar-refractivity contribution in [2.75, 3.05) is 19.6 Å². The molecule has 0 radical (unpaired) electrons. The van der Waals surface area contributed by atoms with Gasteiger partial charge in [0.2, 0.25) is 5.91 Å². The fraction of sp³-hybridized carbons (Fsp3) is 0.323. The molecule has 1 saturated heterocycles. The number of ether oxygens (including phenoxy) is 1. The number of ketones is 1. The van der Waals surface area contributed by atoms with Crippen LogP contribution in [0.2, 0.25) is 5.02 Å². The smallest absolute Gasteiger partial charge is 0.326 e. The molecule has 2 aliphatic heterocycles. The summed E-state index contributed by atoms with van der Waals surface area (Å²) < 4.78 is 6.29. The van der Waals surface area contributed by atoms with Gasteiger partial charge in [-0.15, -0.1) is 0 Å². The Balaban J connectivity index is 1.69. The Morgan fingerprint density at radius 3 is 2.47 bits per heavy atom. The number of H-pyrrole nitrogens is 1. The zero-order valence-corrected chi connectivity index (χ0v) is 24.7. The van der Waals surface area contributed by atoms with Gasteiger partial charge in [-0.2, -0.15) is 0 Å². The Kier molecular flexibility index (Phi) is 8.27. The summed E-state index contributed by atoms with van der Waals surface area (Å²) >= 11 is 6.20. The van der Waals surface area contributed by atoms with E-state index in [1.165, 1.54) is 17.0 Å². The summed E-state index contributed by atoms with van der Waals surface area (Å²) in [6, 6.07) is 12.2. The van der Waals surface area contributed by atoms with Crippen LogP contribution in [-0.4, -0.2) is 74.7 Å². The molecule has 11 nitrogen and oxygen atoms in total. The van der Waals surface area contributed by atoms with Crippen molar-refractivity contribution in [2.45, 2.75) is 44.9 Å². The van der Waals surface area contributed by atoms with E-state index in [1.807, 2.05) is 39.0 Å². The molecule has 0 aliphatic carbocycles. The number of piperazine rings is 1. The number of rotatable bonds is 7. The molecule has 224 valence electrons. The molecule has 3 aromatic rings. The van der Waals surface area contributed by atoms with Crippen molar-refractivity contribution in [3.8, 4) is 5.75 Å². The molecule has 3 amide bonds. The van der Waals surface area contributed by atoms with Crippen LogP contribution in [0.1, 0.15) is 66.3 Å². The average molecular weight is 606 g/mol. The zero-order valence-electron chi connectivity index (χ0n) is 24.0. The number of halogens is 1. The van der Waals surface area contributed by atoms with Gasteiger partial charge in [0.15, 0.2) is 5.78 Å². The zero-order chi connectivity index (χ0) is 30.9.